The molecule has 0 radical (unpaired) electrons. The van der Waals surface area contributed by atoms with Crippen LogP contribution in [0.15, 0.2) is 0 Å². The molecule has 1 atom stereocenters. The standard InChI is InChI=1S/C15H27F3N2O2S/c1-13-3-2-7-20(11-13)23(21,22)12-14-4-8-19(9-5-14)10-6-15(16,17)18/h13-14H,2-12H2,1H3/t13-/m1/s1. The molecule has 136 valence electrons. The highest BCUT2D eigenvalue weighted by Crippen LogP contribution is 2.25. The Morgan fingerprint density at radius 1 is 1.09 bits per heavy atom. The first-order valence-corrected chi connectivity index (χ1v) is 10.0. The summed E-state index contributed by atoms with van der Waals surface area (Å²) in [4.78, 5) is 1.79. The molecule has 0 aromatic carbocycles. The minimum Gasteiger partial charge on any atom is -0.303 e. The van der Waals surface area contributed by atoms with Gasteiger partial charge in [0.15, 0.2) is 0 Å². The van der Waals surface area contributed by atoms with Gasteiger partial charge in [0, 0.05) is 19.6 Å². The van der Waals surface area contributed by atoms with E-state index in [0.717, 1.165) is 12.8 Å². The van der Waals surface area contributed by atoms with E-state index >= 15 is 0 Å². The molecule has 2 fully saturated rings. The van der Waals surface area contributed by atoms with Crippen LogP contribution in [0, 0.1) is 11.8 Å². The number of halogens is 3. The topological polar surface area (TPSA) is 40.6 Å². The molecule has 4 nitrogen and oxygen atoms in total. The van der Waals surface area contributed by atoms with Crippen LogP contribution in [0.2, 0.25) is 0 Å². The fourth-order valence-corrected chi connectivity index (χ4v) is 5.49. The zero-order valence-electron chi connectivity index (χ0n) is 13.7. The minimum atomic E-state index is -4.12. The summed E-state index contributed by atoms with van der Waals surface area (Å²) in [5.74, 6) is 0.620. The summed E-state index contributed by atoms with van der Waals surface area (Å²) >= 11 is 0. The average Bonchev–Trinajstić information content (AvgIpc) is 2.45. The first kappa shape index (κ1) is 19.0. The van der Waals surface area contributed by atoms with Crippen molar-refractivity contribution in [2.75, 3.05) is 38.5 Å². The van der Waals surface area contributed by atoms with Crippen molar-refractivity contribution < 1.29 is 21.6 Å². The molecule has 0 saturated carbocycles. The molecule has 0 aromatic rings. The molecule has 0 aromatic heterocycles. The lowest BCUT2D eigenvalue weighted by Gasteiger charge is -2.34. The van der Waals surface area contributed by atoms with Crippen molar-refractivity contribution >= 4 is 10.0 Å². The molecule has 2 heterocycles. The zero-order chi connectivity index (χ0) is 17.1. The van der Waals surface area contributed by atoms with Crippen molar-refractivity contribution in [2.45, 2.75) is 45.2 Å². The smallest absolute Gasteiger partial charge is 0.303 e. The van der Waals surface area contributed by atoms with E-state index in [1.165, 1.54) is 0 Å². The summed E-state index contributed by atoms with van der Waals surface area (Å²) in [6.07, 6.45) is -1.59. The van der Waals surface area contributed by atoms with E-state index in [2.05, 4.69) is 6.92 Å². The van der Waals surface area contributed by atoms with Gasteiger partial charge in [0.05, 0.1) is 12.2 Å². The summed E-state index contributed by atoms with van der Waals surface area (Å²) in [6, 6.07) is 0. The van der Waals surface area contributed by atoms with Gasteiger partial charge in [-0.2, -0.15) is 13.2 Å². The normalized spacial score (nSPS) is 26.5. The van der Waals surface area contributed by atoms with Gasteiger partial charge in [-0.25, -0.2) is 12.7 Å². The molecule has 23 heavy (non-hydrogen) atoms. The summed E-state index contributed by atoms with van der Waals surface area (Å²) < 4.78 is 63.3. The van der Waals surface area contributed by atoms with Gasteiger partial charge in [-0.05, 0) is 50.6 Å². The third kappa shape index (κ3) is 6.23. The fourth-order valence-electron chi connectivity index (χ4n) is 3.46. The Labute approximate surface area is 137 Å². The second kappa shape index (κ2) is 7.70. The van der Waals surface area contributed by atoms with Crippen LogP contribution in [0.1, 0.15) is 39.0 Å². The van der Waals surface area contributed by atoms with Crippen LogP contribution in [-0.2, 0) is 10.0 Å². The number of sulfonamides is 1. The van der Waals surface area contributed by atoms with Crippen molar-refractivity contribution in [3.8, 4) is 0 Å². The Morgan fingerprint density at radius 3 is 2.30 bits per heavy atom. The van der Waals surface area contributed by atoms with Crippen LogP contribution >= 0.6 is 0 Å². The molecule has 0 amide bonds. The second-order valence-corrected chi connectivity index (χ2v) is 9.05. The highest BCUT2D eigenvalue weighted by molar-refractivity contribution is 7.89. The van der Waals surface area contributed by atoms with Gasteiger partial charge < -0.3 is 4.90 Å². The number of rotatable bonds is 5. The predicted molar refractivity (Wildman–Crippen MR) is 83.6 cm³/mol. The molecular weight excluding hydrogens is 329 g/mol. The van der Waals surface area contributed by atoms with Gasteiger partial charge in [0.2, 0.25) is 10.0 Å². The molecule has 2 saturated heterocycles. The van der Waals surface area contributed by atoms with Crippen LogP contribution in [0.5, 0.6) is 0 Å². The Kier molecular flexibility index (Phi) is 6.35. The third-order valence-corrected chi connectivity index (χ3v) is 6.89. The Morgan fingerprint density at radius 2 is 1.74 bits per heavy atom. The van der Waals surface area contributed by atoms with Gasteiger partial charge in [-0.15, -0.1) is 0 Å². The number of hydrogen-bond acceptors (Lipinski definition) is 3. The Balaban J connectivity index is 1.77. The maximum absolute atomic E-state index is 12.5. The molecule has 8 heteroatoms. The lowest BCUT2D eigenvalue weighted by Crippen LogP contribution is -2.43. The molecule has 2 aliphatic rings. The van der Waals surface area contributed by atoms with Gasteiger partial charge in [-0.3, -0.25) is 0 Å². The largest absolute Gasteiger partial charge is 0.390 e. The van der Waals surface area contributed by atoms with Crippen LogP contribution in [-0.4, -0.2) is 62.3 Å². The number of piperidine rings is 2. The molecule has 0 aliphatic carbocycles. The Bertz CT molecular complexity index is 474. The van der Waals surface area contributed by atoms with Gasteiger partial charge in [0.1, 0.15) is 0 Å². The highest BCUT2D eigenvalue weighted by Gasteiger charge is 2.32. The quantitative estimate of drug-likeness (QED) is 0.760. The third-order valence-electron chi connectivity index (χ3n) is 4.88. The van der Waals surface area contributed by atoms with E-state index in [9.17, 15) is 21.6 Å². The van der Waals surface area contributed by atoms with Crippen molar-refractivity contribution in [1.29, 1.82) is 0 Å². The van der Waals surface area contributed by atoms with E-state index in [-0.39, 0.29) is 18.2 Å². The molecule has 0 bridgehead atoms. The van der Waals surface area contributed by atoms with E-state index in [4.69, 9.17) is 0 Å². The molecule has 0 N–H and O–H groups in total. The lowest BCUT2D eigenvalue weighted by atomic mass is 9.99. The average molecular weight is 356 g/mol. The SMILES string of the molecule is C[C@@H]1CCCN(S(=O)(=O)CC2CCN(CCC(F)(F)F)CC2)C1. The van der Waals surface area contributed by atoms with Crippen molar-refractivity contribution in [3.05, 3.63) is 0 Å². The maximum Gasteiger partial charge on any atom is 0.390 e. The number of hydrogen-bond donors (Lipinski definition) is 0. The van der Waals surface area contributed by atoms with E-state index in [1.54, 1.807) is 9.21 Å². The van der Waals surface area contributed by atoms with E-state index in [1.807, 2.05) is 0 Å². The number of alkyl halides is 3. The number of nitrogens with zero attached hydrogens (tertiary/aromatic N) is 2. The van der Waals surface area contributed by atoms with Crippen LogP contribution in [0.4, 0.5) is 13.2 Å². The lowest BCUT2D eigenvalue weighted by molar-refractivity contribution is -0.138. The van der Waals surface area contributed by atoms with Gasteiger partial charge >= 0.3 is 6.18 Å². The van der Waals surface area contributed by atoms with Crippen molar-refractivity contribution in [3.63, 3.8) is 0 Å². The monoisotopic (exact) mass is 356 g/mol. The van der Waals surface area contributed by atoms with Crippen molar-refractivity contribution in [1.82, 2.24) is 9.21 Å². The van der Waals surface area contributed by atoms with Crippen LogP contribution < -0.4 is 0 Å². The zero-order valence-corrected chi connectivity index (χ0v) is 14.5. The van der Waals surface area contributed by atoms with Crippen molar-refractivity contribution in [2.24, 2.45) is 11.8 Å². The van der Waals surface area contributed by atoms with E-state index < -0.39 is 22.6 Å². The summed E-state index contributed by atoms with van der Waals surface area (Å²) in [7, 11) is -3.23. The van der Waals surface area contributed by atoms with Crippen LogP contribution in [0.3, 0.4) is 0 Å². The highest BCUT2D eigenvalue weighted by atomic mass is 32.2. The van der Waals surface area contributed by atoms with Gasteiger partial charge in [0.25, 0.3) is 0 Å². The molecule has 0 unspecified atom stereocenters. The summed E-state index contributed by atoms with van der Waals surface area (Å²) in [5.41, 5.74) is 0. The first-order chi connectivity index (χ1) is 10.7. The predicted octanol–water partition coefficient (Wildman–Crippen LogP) is 2.71. The second-order valence-electron chi connectivity index (χ2n) is 7.03. The Hall–Kier alpha value is -0.340. The van der Waals surface area contributed by atoms with Gasteiger partial charge in [-0.1, -0.05) is 6.92 Å². The fraction of sp³-hybridized carbons (Fsp3) is 1.00. The molecule has 2 aliphatic heterocycles. The molecular formula is C15H27F3N2O2S. The van der Waals surface area contributed by atoms with Crippen LogP contribution in [0.25, 0.3) is 0 Å². The number of likely N-dealkylation sites (tertiary alicyclic amines) is 1. The molecule has 0 spiro atoms. The molecule has 2 rings (SSSR count). The minimum absolute atomic E-state index is 0.0204. The first-order valence-electron chi connectivity index (χ1n) is 8.42. The maximum atomic E-state index is 12.5. The van der Waals surface area contributed by atoms with E-state index in [0.29, 0.717) is 44.9 Å². The summed E-state index contributed by atoms with van der Waals surface area (Å²) in [6.45, 7) is 4.43. The summed E-state index contributed by atoms with van der Waals surface area (Å²) in [5, 5.41) is 0.